The minimum absolute atomic E-state index is 0. The van der Waals surface area contributed by atoms with Crippen LogP contribution in [0.1, 0.15) is 28.2 Å². The Bertz CT molecular complexity index is 3760. The number of hydrogen-bond donors (Lipinski definition) is 3. The van der Waals surface area contributed by atoms with Crippen LogP contribution in [-0.4, -0.2) is 67.8 Å². The van der Waals surface area contributed by atoms with Crippen LogP contribution in [0.25, 0.3) is 78.5 Å². The molecule has 0 atom stereocenters. The molecule has 91 heavy (non-hydrogen) atoms. The molecule has 7 aromatic carbocycles. The Morgan fingerprint density at radius 3 is 0.879 bits per heavy atom. The van der Waals surface area contributed by atoms with Crippen LogP contribution in [-0.2, 0) is 50.3 Å². The third-order valence-corrected chi connectivity index (χ3v) is 12.9. The van der Waals surface area contributed by atoms with Crippen LogP contribution >= 0.6 is 0 Å². The van der Waals surface area contributed by atoms with Crippen LogP contribution < -0.4 is 0 Å². The number of aromatic nitrogens is 5. The van der Waals surface area contributed by atoms with Gasteiger partial charge in [-0.3, -0.25) is 9.54 Å². The summed E-state index contributed by atoms with van der Waals surface area (Å²) in [5.41, 5.74) is 15.1. The molecule has 0 saturated heterocycles. The number of halogens is 3. The Labute approximate surface area is 560 Å². The van der Waals surface area contributed by atoms with E-state index in [1.54, 1.807) is 0 Å². The van der Waals surface area contributed by atoms with Gasteiger partial charge in [0.15, 0.2) is 0 Å². The maximum atomic E-state index is 10.7. The first-order valence-corrected chi connectivity index (χ1v) is 29.2. The first kappa shape index (κ1) is 76.5. The third kappa shape index (κ3) is 25.9. The van der Waals surface area contributed by atoms with Crippen LogP contribution in [0.4, 0.5) is 13.2 Å². The predicted octanol–water partition coefficient (Wildman–Crippen LogP) is 17.4. The van der Waals surface area contributed by atoms with E-state index in [1.165, 1.54) is 33.4 Å². The van der Waals surface area contributed by atoms with Crippen molar-refractivity contribution < 1.29 is 76.6 Å². The van der Waals surface area contributed by atoms with Crippen LogP contribution in [0.2, 0.25) is 0 Å². The smallest absolute Gasteiger partial charge is 0.400 e. The molecule has 0 spiro atoms. The average molecular weight is 1590 g/mol. The van der Waals surface area contributed by atoms with Crippen LogP contribution in [0.3, 0.4) is 0 Å². The molecule has 2 radical (unpaired) electrons. The molecule has 5 heterocycles. The van der Waals surface area contributed by atoms with Crippen molar-refractivity contribution in [3.8, 4) is 78.5 Å². The molecule has 472 valence electrons. The second kappa shape index (κ2) is 40.8. The first-order valence-electron chi connectivity index (χ1n) is 27.7. The van der Waals surface area contributed by atoms with Gasteiger partial charge in [-0.15, -0.1) is 144 Å². The van der Waals surface area contributed by atoms with Gasteiger partial charge in [-0.05, 0) is 104 Å². The third-order valence-electron chi connectivity index (χ3n) is 12.4. The van der Waals surface area contributed by atoms with Gasteiger partial charge in [0.25, 0.3) is 0 Å². The second-order valence-electron chi connectivity index (χ2n) is 18.9. The van der Waals surface area contributed by atoms with E-state index in [-0.39, 0.29) is 40.2 Å². The van der Waals surface area contributed by atoms with Crippen LogP contribution in [0, 0.1) is 58.9 Å². The Kier molecular flexibility index (Phi) is 34.2. The maximum absolute atomic E-state index is 10.7. The van der Waals surface area contributed by atoms with Gasteiger partial charge in [0.1, 0.15) is 0 Å². The van der Waals surface area contributed by atoms with E-state index in [9.17, 15) is 13.2 Å². The molecule has 0 saturated carbocycles. The van der Waals surface area contributed by atoms with Gasteiger partial charge < -0.3 is 30.1 Å². The predicted molar refractivity (Wildman–Crippen MR) is 352 cm³/mol. The molecule has 0 bridgehead atoms. The zero-order valence-corrected chi connectivity index (χ0v) is 56.6. The van der Waals surface area contributed by atoms with Gasteiger partial charge in [-0.2, -0.15) is 21.6 Å². The van der Waals surface area contributed by atoms with Crippen molar-refractivity contribution in [1.82, 2.24) is 24.9 Å². The maximum Gasteiger partial charge on any atom is 0.522 e. The van der Waals surface area contributed by atoms with E-state index < -0.39 is 15.6 Å². The van der Waals surface area contributed by atoms with E-state index in [1.807, 2.05) is 227 Å². The van der Waals surface area contributed by atoms with E-state index in [2.05, 4.69) is 124 Å². The summed E-state index contributed by atoms with van der Waals surface area (Å²) in [5.74, 6) is 0. The topological polar surface area (TPSA) is 159 Å². The standard InChI is InChI=1S/C18H15N.C18H14N.3C12H10N.CHF3O3S.2CH4O.2Ir/c2*1-14-12-18(16-10-6-3-7-11-16)19-13-17(14)15-8-4-2-5-9-15;3*1-10-6-5-9-12(13-10)11-7-3-2-4-8-11;2-1(3,4)8(5,6)7;2*1-2;;/h2-13H,1H3;2-10,12-13H,1H3;3*2-7,9H,1H3;(H,5,6,7);2*2H,1H3;;/q;4*-1;;;;;. The van der Waals surface area contributed by atoms with Crippen molar-refractivity contribution in [3.63, 3.8) is 0 Å². The van der Waals surface area contributed by atoms with E-state index in [4.69, 9.17) is 23.2 Å². The zero-order chi connectivity index (χ0) is 64.4. The Hall–Kier alpha value is -8.79. The minimum atomic E-state index is -5.84. The molecule has 0 aliphatic carbocycles. The fourth-order valence-electron chi connectivity index (χ4n) is 8.16. The quantitative estimate of drug-likeness (QED) is 0.0796. The first-order chi connectivity index (χ1) is 43.0. The van der Waals surface area contributed by atoms with Crippen molar-refractivity contribution in [2.75, 3.05) is 14.2 Å². The van der Waals surface area contributed by atoms with Crippen molar-refractivity contribution in [1.29, 1.82) is 0 Å². The van der Waals surface area contributed by atoms with Gasteiger partial charge in [0, 0.05) is 101 Å². The fraction of sp³-hybridized carbons (Fsp3) is 0.107. The van der Waals surface area contributed by atoms with Crippen LogP contribution in [0.5, 0.6) is 0 Å². The number of hydrogen-bond acceptors (Lipinski definition) is 9. The van der Waals surface area contributed by atoms with E-state index >= 15 is 0 Å². The summed E-state index contributed by atoms with van der Waals surface area (Å²) in [6.07, 6.45) is 3.91. The number of pyridine rings is 5. The van der Waals surface area contributed by atoms with Crippen molar-refractivity contribution >= 4 is 10.1 Å². The molecule has 5 aromatic heterocycles. The normalized spacial score (nSPS) is 9.95. The fourth-order valence-corrected chi connectivity index (χ4v) is 8.16. The van der Waals surface area contributed by atoms with Gasteiger partial charge >= 0.3 is 15.6 Å². The molecular formula is C75H68F3Ir2N5O5S-4. The van der Waals surface area contributed by atoms with Gasteiger partial charge in [-0.25, -0.2) is 0 Å². The number of aryl methyl sites for hydroxylation is 5. The largest absolute Gasteiger partial charge is 0.522 e. The second-order valence-corrected chi connectivity index (χ2v) is 20.3. The van der Waals surface area contributed by atoms with Gasteiger partial charge in [0.2, 0.25) is 0 Å². The summed E-state index contributed by atoms with van der Waals surface area (Å²) < 4.78 is 57.5. The Balaban J connectivity index is 0.000000286. The molecule has 12 rings (SSSR count). The summed E-state index contributed by atoms with van der Waals surface area (Å²) in [6, 6.07) is 97.5. The number of alkyl halides is 3. The van der Waals surface area contributed by atoms with E-state index in [0.29, 0.717) is 0 Å². The number of aliphatic hydroxyl groups excluding tert-OH is 2. The summed E-state index contributed by atoms with van der Waals surface area (Å²) in [7, 11) is -3.84. The molecule has 0 fully saturated rings. The molecular weight excluding hydrogens is 1520 g/mol. The average Bonchev–Trinajstić information content (AvgIpc) is 2.73. The van der Waals surface area contributed by atoms with Gasteiger partial charge in [-0.1, -0.05) is 133 Å². The van der Waals surface area contributed by atoms with E-state index in [0.717, 1.165) is 87.6 Å². The zero-order valence-electron chi connectivity index (χ0n) is 51.0. The van der Waals surface area contributed by atoms with Gasteiger partial charge in [0.05, 0.1) is 5.69 Å². The molecule has 3 N–H and O–H groups in total. The Morgan fingerprint density at radius 1 is 0.352 bits per heavy atom. The summed E-state index contributed by atoms with van der Waals surface area (Å²) in [4.78, 5) is 22.4. The molecule has 12 aromatic rings. The number of aliphatic hydroxyl groups is 2. The SMILES string of the molecule is CO.CO.Cc1cc(-c2[c-]cccc2)ncc1-c1ccccc1.Cc1cc(-c2ccccc2)ncc1-c1ccccc1.Cc1cccc(-c2[c-]cccc2)n1.Cc1cccc(-c2[c-]cccc2)n1.Cc1cccc(-c2[c-]cccc2)n1.O=S(=O)(O)C(F)(F)F.[Ir].[Ir]. The van der Waals surface area contributed by atoms with Crippen LogP contribution in [0.15, 0.2) is 267 Å². The molecule has 0 amide bonds. The molecule has 0 unspecified atom stereocenters. The molecule has 10 nitrogen and oxygen atoms in total. The summed E-state index contributed by atoms with van der Waals surface area (Å²) in [6.45, 7) is 10.2. The van der Waals surface area contributed by atoms with Crippen molar-refractivity contribution in [2.24, 2.45) is 0 Å². The number of benzene rings is 7. The van der Waals surface area contributed by atoms with Crippen molar-refractivity contribution in [3.05, 3.63) is 320 Å². The van der Waals surface area contributed by atoms with Crippen molar-refractivity contribution in [2.45, 2.75) is 40.1 Å². The monoisotopic (exact) mass is 1590 g/mol. The Morgan fingerprint density at radius 2 is 0.615 bits per heavy atom. The number of nitrogens with zero attached hydrogens (tertiary/aromatic N) is 5. The number of rotatable bonds is 7. The molecule has 0 aliphatic heterocycles. The summed E-state index contributed by atoms with van der Waals surface area (Å²) >= 11 is 0. The minimum Gasteiger partial charge on any atom is -0.400 e. The molecule has 0 aliphatic rings. The molecule has 16 heteroatoms. The summed E-state index contributed by atoms with van der Waals surface area (Å²) in [5, 5.41) is 14.0.